The number of aryl methyl sites for hydroxylation is 1. The number of hydrogen-bond acceptors (Lipinski definition) is 3. The molecule has 1 amide bonds. The lowest BCUT2D eigenvalue weighted by atomic mass is 9.93. The summed E-state index contributed by atoms with van der Waals surface area (Å²) >= 11 is 0. The zero-order valence-corrected chi connectivity index (χ0v) is 15.1. The van der Waals surface area contributed by atoms with Crippen LogP contribution in [-0.4, -0.2) is 24.8 Å². The lowest BCUT2D eigenvalue weighted by molar-refractivity contribution is 0.0937. The van der Waals surface area contributed by atoms with Crippen LogP contribution in [0.4, 0.5) is 0 Å². The van der Waals surface area contributed by atoms with Crippen LogP contribution in [0.1, 0.15) is 40.9 Å². The first-order chi connectivity index (χ1) is 11.9. The van der Waals surface area contributed by atoms with Crippen molar-refractivity contribution in [3.8, 4) is 0 Å². The molecule has 0 saturated carbocycles. The van der Waals surface area contributed by atoms with Gasteiger partial charge in [-0.2, -0.15) is 0 Å². The number of aliphatic imine (C=N–C) groups is 1. The number of hydrogen-bond donors (Lipinski definition) is 2. The van der Waals surface area contributed by atoms with Crippen molar-refractivity contribution < 1.29 is 4.79 Å². The molecule has 1 aliphatic rings. The van der Waals surface area contributed by atoms with E-state index in [1.54, 1.807) is 0 Å². The molecule has 1 aliphatic heterocycles. The number of rotatable bonds is 5. The van der Waals surface area contributed by atoms with Crippen molar-refractivity contribution in [2.75, 3.05) is 13.1 Å². The zero-order valence-electron chi connectivity index (χ0n) is 15.1. The van der Waals surface area contributed by atoms with Gasteiger partial charge in [-0.25, -0.2) is 0 Å². The molecule has 0 spiro atoms. The Bertz CT molecular complexity index is 791. The molecule has 2 N–H and O–H groups in total. The van der Waals surface area contributed by atoms with Gasteiger partial charge >= 0.3 is 0 Å². The fraction of sp³-hybridized carbons (Fsp3) is 0.333. The van der Waals surface area contributed by atoms with E-state index < -0.39 is 0 Å². The summed E-state index contributed by atoms with van der Waals surface area (Å²) in [5.74, 6) is 0.921. The number of carbonyl (C=O) groups excluding carboxylic acids is 1. The second-order valence-corrected chi connectivity index (χ2v) is 7.39. The SMILES string of the molecule is Cc1ccc(C(=O)NCC(C)(C)CNC2=NCc3ccccc32)cc1. The van der Waals surface area contributed by atoms with Gasteiger partial charge in [0.25, 0.3) is 5.91 Å². The molecule has 3 rings (SSSR count). The van der Waals surface area contributed by atoms with Crippen molar-refractivity contribution in [1.29, 1.82) is 0 Å². The maximum absolute atomic E-state index is 12.3. The standard InChI is InChI=1S/C21H25N3O/c1-15-8-10-16(11-9-15)20(25)24-14-21(2,3)13-23-19-18-7-5-4-6-17(18)12-22-19/h4-11H,12-14H2,1-3H3,(H,22,23)(H,24,25). The molecule has 0 aromatic heterocycles. The number of nitrogens with zero attached hydrogens (tertiary/aromatic N) is 1. The van der Waals surface area contributed by atoms with Gasteiger partial charge in [-0.15, -0.1) is 0 Å². The fourth-order valence-corrected chi connectivity index (χ4v) is 2.80. The van der Waals surface area contributed by atoms with E-state index in [-0.39, 0.29) is 11.3 Å². The van der Waals surface area contributed by atoms with Gasteiger partial charge in [0.1, 0.15) is 5.84 Å². The first-order valence-corrected chi connectivity index (χ1v) is 8.66. The predicted molar refractivity (Wildman–Crippen MR) is 102 cm³/mol. The minimum Gasteiger partial charge on any atom is -0.369 e. The summed E-state index contributed by atoms with van der Waals surface area (Å²) in [5.41, 5.74) is 4.21. The summed E-state index contributed by atoms with van der Waals surface area (Å²) in [5, 5.41) is 6.48. The molecular weight excluding hydrogens is 310 g/mol. The van der Waals surface area contributed by atoms with Gasteiger partial charge in [0.2, 0.25) is 0 Å². The van der Waals surface area contributed by atoms with Gasteiger partial charge in [0.15, 0.2) is 0 Å². The second-order valence-electron chi connectivity index (χ2n) is 7.39. The number of amides is 1. The Morgan fingerprint density at radius 1 is 1.08 bits per heavy atom. The van der Waals surface area contributed by atoms with Gasteiger partial charge in [-0.05, 0) is 30.0 Å². The van der Waals surface area contributed by atoms with Gasteiger partial charge in [-0.3, -0.25) is 9.79 Å². The Balaban J connectivity index is 1.52. The Labute approximate surface area is 149 Å². The second kappa shape index (κ2) is 7.09. The van der Waals surface area contributed by atoms with E-state index in [4.69, 9.17) is 0 Å². The van der Waals surface area contributed by atoms with Crippen molar-refractivity contribution in [2.45, 2.75) is 27.3 Å². The topological polar surface area (TPSA) is 53.5 Å². The lowest BCUT2D eigenvalue weighted by Crippen LogP contribution is -2.42. The van der Waals surface area contributed by atoms with Crippen molar-refractivity contribution in [3.63, 3.8) is 0 Å². The quantitative estimate of drug-likeness (QED) is 0.881. The Morgan fingerprint density at radius 2 is 1.80 bits per heavy atom. The third-order valence-corrected chi connectivity index (χ3v) is 4.46. The van der Waals surface area contributed by atoms with Crippen LogP contribution in [0.25, 0.3) is 0 Å². The highest BCUT2D eigenvalue weighted by Crippen LogP contribution is 2.19. The van der Waals surface area contributed by atoms with E-state index in [2.05, 4.69) is 41.6 Å². The van der Waals surface area contributed by atoms with Crippen molar-refractivity contribution in [1.82, 2.24) is 10.6 Å². The number of benzene rings is 2. The van der Waals surface area contributed by atoms with Crippen LogP contribution in [0, 0.1) is 12.3 Å². The number of nitrogens with one attached hydrogen (secondary N) is 2. The summed E-state index contributed by atoms with van der Waals surface area (Å²) in [6, 6.07) is 15.9. The number of carbonyl (C=O) groups is 1. The average Bonchev–Trinajstić information content (AvgIpc) is 3.02. The van der Waals surface area contributed by atoms with Crippen LogP contribution >= 0.6 is 0 Å². The van der Waals surface area contributed by atoms with Crippen LogP contribution in [0.5, 0.6) is 0 Å². The molecular formula is C21H25N3O. The first kappa shape index (κ1) is 17.2. The molecule has 2 aromatic rings. The Hall–Kier alpha value is -2.62. The van der Waals surface area contributed by atoms with Crippen molar-refractivity contribution in [3.05, 3.63) is 70.8 Å². The molecule has 0 unspecified atom stereocenters. The third kappa shape index (κ3) is 4.27. The van der Waals surface area contributed by atoms with E-state index in [0.717, 1.165) is 24.5 Å². The van der Waals surface area contributed by atoms with E-state index in [1.165, 1.54) is 11.1 Å². The molecule has 4 nitrogen and oxygen atoms in total. The lowest BCUT2D eigenvalue weighted by Gasteiger charge is -2.26. The van der Waals surface area contributed by atoms with E-state index in [1.807, 2.05) is 43.3 Å². The van der Waals surface area contributed by atoms with Gasteiger partial charge in [0.05, 0.1) is 6.54 Å². The molecule has 0 bridgehead atoms. The highest BCUT2D eigenvalue weighted by Gasteiger charge is 2.22. The smallest absolute Gasteiger partial charge is 0.251 e. The molecule has 0 aliphatic carbocycles. The zero-order chi connectivity index (χ0) is 17.9. The largest absolute Gasteiger partial charge is 0.369 e. The molecule has 1 heterocycles. The summed E-state index contributed by atoms with van der Waals surface area (Å²) < 4.78 is 0. The summed E-state index contributed by atoms with van der Waals surface area (Å²) in [4.78, 5) is 16.8. The van der Waals surface area contributed by atoms with Crippen LogP contribution < -0.4 is 10.6 Å². The monoisotopic (exact) mass is 335 g/mol. The molecule has 2 aromatic carbocycles. The normalized spacial score (nSPS) is 13.2. The molecule has 0 saturated heterocycles. The first-order valence-electron chi connectivity index (χ1n) is 8.66. The molecule has 4 heteroatoms. The van der Waals surface area contributed by atoms with Gasteiger partial charge in [-0.1, -0.05) is 55.8 Å². The predicted octanol–water partition coefficient (Wildman–Crippen LogP) is 3.30. The molecule has 130 valence electrons. The van der Waals surface area contributed by atoms with Gasteiger partial charge in [0, 0.05) is 24.2 Å². The maximum atomic E-state index is 12.3. The Kier molecular flexibility index (Phi) is 4.88. The molecule has 0 fully saturated rings. The van der Waals surface area contributed by atoms with Gasteiger partial charge < -0.3 is 10.6 Å². The van der Waals surface area contributed by atoms with Crippen LogP contribution in [0.2, 0.25) is 0 Å². The highest BCUT2D eigenvalue weighted by atomic mass is 16.1. The van der Waals surface area contributed by atoms with Crippen molar-refractivity contribution in [2.24, 2.45) is 10.4 Å². The summed E-state index contributed by atoms with van der Waals surface area (Å²) in [6.45, 7) is 8.37. The van der Waals surface area contributed by atoms with E-state index >= 15 is 0 Å². The average molecular weight is 335 g/mol. The summed E-state index contributed by atoms with van der Waals surface area (Å²) in [7, 11) is 0. The molecule has 25 heavy (non-hydrogen) atoms. The Morgan fingerprint density at radius 3 is 2.56 bits per heavy atom. The van der Waals surface area contributed by atoms with Crippen molar-refractivity contribution >= 4 is 11.7 Å². The van der Waals surface area contributed by atoms with Crippen LogP contribution in [0.15, 0.2) is 53.5 Å². The minimum absolute atomic E-state index is 0.0309. The third-order valence-electron chi connectivity index (χ3n) is 4.46. The van der Waals surface area contributed by atoms with Crippen LogP contribution in [0.3, 0.4) is 0 Å². The minimum atomic E-state index is -0.0829. The molecule has 0 radical (unpaired) electrons. The van der Waals surface area contributed by atoms with Crippen LogP contribution in [-0.2, 0) is 6.54 Å². The highest BCUT2D eigenvalue weighted by molar-refractivity contribution is 6.02. The number of fused-ring (bicyclic) bond motifs is 1. The number of amidine groups is 1. The maximum Gasteiger partial charge on any atom is 0.251 e. The van der Waals surface area contributed by atoms with E-state index in [9.17, 15) is 4.79 Å². The van der Waals surface area contributed by atoms with E-state index in [0.29, 0.717) is 12.1 Å². The molecule has 0 atom stereocenters. The summed E-state index contributed by atoms with van der Waals surface area (Å²) in [6.07, 6.45) is 0. The fourth-order valence-electron chi connectivity index (χ4n) is 2.80.